The molecule has 0 aliphatic rings. The number of aromatic nitrogens is 2. The summed E-state index contributed by atoms with van der Waals surface area (Å²) < 4.78 is 5.35. The zero-order valence-corrected chi connectivity index (χ0v) is 15.7. The summed E-state index contributed by atoms with van der Waals surface area (Å²) in [6.07, 6.45) is 3.26. The van der Waals surface area contributed by atoms with Gasteiger partial charge >= 0.3 is 0 Å². The lowest BCUT2D eigenvalue weighted by molar-refractivity contribution is 0.0947. The van der Waals surface area contributed by atoms with Crippen molar-refractivity contribution in [2.45, 2.75) is 12.8 Å². The van der Waals surface area contributed by atoms with Crippen LogP contribution in [0.4, 0.5) is 5.95 Å². The van der Waals surface area contributed by atoms with Crippen LogP contribution in [0, 0.1) is 0 Å². The number of hydrogen-bond donors (Lipinski definition) is 2. The normalized spacial score (nSPS) is 10.6. The van der Waals surface area contributed by atoms with Gasteiger partial charge in [0.2, 0.25) is 5.95 Å². The fourth-order valence-electron chi connectivity index (χ4n) is 2.48. The Bertz CT molecular complexity index is 706. The van der Waals surface area contributed by atoms with Gasteiger partial charge in [-0.05, 0) is 51.2 Å². The fourth-order valence-corrected chi connectivity index (χ4v) is 2.48. The van der Waals surface area contributed by atoms with Gasteiger partial charge < -0.3 is 20.3 Å². The first-order valence-electron chi connectivity index (χ1n) is 8.72. The first-order chi connectivity index (χ1) is 12.6. The zero-order valence-electron chi connectivity index (χ0n) is 15.7. The maximum absolute atomic E-state index is 12.2. The molecule has 7 heteroatoms. The van der Waals surface area contributed by atoms with Gasteiger partial charge in [0, 0.05) is 19.3 Å². The second kappa shape index (κ2) is 10.4. The Labute approximate surface area is 154 Å². The molecule has 2 aromatic rings. The van der Waals surface area contributed by atoms with Crippen molar-refractivity contribution in [1.82, 2.24) is 20.2 Å². The predicted molar refractivity (Wildman–Crippen MR) is 103 cm³/mol. The molecule has 0 unspecified atom stereocenters. The highest BCUT2D eigenvalue weighted by Crippen LogP contribution is 2.17. The topological polar surface area (TPSA) is 79.4 Å². The molecule has 0 bridgehead atoms. The third kappa shape index (κ3) is 6.33. The first-order valence-corrected chi connectivity index (χ1v) is 8.72. The molecule has 0 fully saturated rings. The number of nitrogens with one attached hydrogen (secondary N) is 2. The summed E-state index contributed by atoms with van der Waals surface area (Å²) in [5.74, 6) is 1.13. The zero-order chi connectivity index (χ0) is 18.8. The average molecular weight is 357 g/mol. The Morgan fingerprint density at radius 3 is 2.77 bits per heavy atom. The number of carbonyl (C=O) groups is 1. The highest BCUT2D eigenvalue weighted by molar-refractivity contribution is 5.92. The minimum Gasteiger partial charge on any atom is -0.496 e. The summed E-state index contributed by atoms with van der Waals surface area (Å²) >= 11 is 0. The van der Waals surface area contributed by atoms with Crippen LogP contribution in [0.5, 0.6) is 5.75 Å². The van der Waals surface area contributed by atoms with Crippen molar-refractivity contribution in [2.24, 2.45) is 0 Å². The van der Waals surface area contributed by atoms with E-state index in [1.54, 1.807) is 19.4 Å². The highest BCUT2D eigenvalue weighted by atomic mass is 16.5. The van der Waals surface area contributed by atoms with Crippen LogP contribution in [0.1, 0.15) is 22.5 Å². The van der Waals surface area contributed by atoms with Crippen molar-refractivity contribution in [3.8, 4) is 5.75 Å². The average Bonchev–Trinajstić information content (AvgIpc) is 2.65. The molecule has 0 saturated carbocycles. The Kier molecular flexibility index (Phi) is 7.82. The molecule has 1 aromatic carbocycles. The molecule has 1 heterocycles. The number of nitrogens with zero attached hydrogens (tertiary/aromatic N) is 3. The lowest BCUT2D eigenvalue weighted by Gasteiger charge is -2.10. The van der Waals surface area contributed by atoms with Crippen LogP contribution < -0.4 is 15.4 Å². The van der Waals surface area contributed by atoms with E-state index in [1.165, 1.54) is 0 Å². The molecular formula is C19H27N5O2. The van der Waals surface area contributed by atoms with E-state index >= 15 is 0 Å². The van der Waals surface area contributed by atoms with E-state index in [0.717, 1.165) is 30.7 Å². The van der Waals surface area contributed by atoms with Gasteiger partial charge in [0.1, 0.15) is 11.4 Å². The summed E-state index contributed by atoms with van der Waals surface area (Å²) in [4.78, 5) is 22.7. The predicted octanol–water partition coefficient (Wildman–Crippen LogP) is 1.82. The van der Waals surface area contributed by atoms with Gasteiger partial charge in [-0.3, -0.25) is 4.79 Å². The number of ether oxygens (including phenoxy) is 1. The number of benzene rings is 1. The van der Waals surface area contributed by atoms with Gasteiger partial charge in [0.15, 0.2) is 0 Å². The molecule has 140 valence electrons. The number of amides is 1. The molecule has 0 aliphatic carbocycles. The minimum atomic E-state index is -0.182. The maximum atomic E-state index is 12.2. The smallest absolute Gasteiger partial charge is 0.270 e. The lowest BCUT2D eigenvalue weighted by atomic mass is 10.1. The van der Waals surface area contributed by atoms with Crippen molar-refractivity contribution >= 4 is 11.9 Å². The van der Waals surface area contributed by atoms with E-state index in [0.29, 0.717) is 24.7 Å². The maximum Gasteiger partial charge on any atom is 0.270 e. The standard InChI is InChI=1S/C19H27N5O2/c1-24(2)14-6-11-20-18(25)16-10-13-22-19(23-16)21-12-9-15-7-4-5-8-17(15)26-3/h4-5,7-8,10,13H,6,9,11-12,14H2,1-3H3,(H,20,25)(H,21,22,23). The number of para-hydroxylation sites is 1. The van der Waals surface area contributed by atoms with E-state index < -0.39 is 0 Å². The summed E-state index contributed by atoms with van der Waals surface area (Å²) in [7, 11) is 5.68. The SMILES string of the molecule is COc1ccccc1CCNc1nccc(C(=O)NCCCN(C)C)n1. The molecule has 7 nitrogen and oxygen atoms in total. The largest absolute Gasteiger partial charge is 0.496 e. The van der Waals surface area contributed by atoms with Crippen molar-refractivity contribution in [1.29, 1.82) is 0 Å². The van der Waals surface area contributed by atoms with Gasteiger partial charge in [-0.1, -0.05) is 18.2 Å². The van der Waals surface area contributed by atoms with Crippen molar-refractivity contribution in [3.05, 3.63) is 47.8 Å². The van der Waals surface area contributed by atoms with Crippen LogP contribution in [0.2, 0.25) is 0 Å². The van der Waals surface area contributed by atoms with Crippen LogP contribution in [-0.4, -0.2) is 61.6 Å². The molecule has 0 radical (unpaired) electrons. The van der Waals surface area contributed by atoms with Gasteiger partial charge in [-0.25, -0.2) is 9.97 Å². The van der Waals surface area contributed by atoms with Crippen molar-refractivity contribution < 1.29 is 9.53 Å². The van der Waals surface area contributed by atoms with Crippen LogP contribution in [-0.2, 0) is 6.42 Å². The molecule has 0 saturated heterocycles. The Hall–Kier alpha value is -2.67. The Balaban J connectivity index is 1.83. The van der Waals surface area contributed by atoms with E-state index in [4.69, 9.17) is 4.74 Å². The van der Waals surface area contributed by atoms with E-state index in [2.05, 4.69) is 25.5 Å². The van der Waals surface area contributed by atoms with E-state index in [-0.39, 0.29) is 5.91 Å². The lowest BCUT2D eigenvalue weighted by Crippen LogP contribution is -2.28. The number of carbonyl (C=O) groups excluding carboxylic acids is 1. The first kappa shape index (κ1) is 19.7. The van der Waals surface area contributed by atoms with Gasteiger partial charge in [0.25, 0.3) is 5.91 Å². The van der Waals surface area contributed by atoms with Gasteiger partial charge in [-0.15, -0.1) is 0 Å². The summed E-state index contributed by atoms with van der Waals surface area (Å²) in [5, 5.41) is 6.04. The summed E-state index contributed by atoms with van der Waals surface area (Å²) in [6.45, 7) is 2.20. The van der Waals surface area contributed by atoms with Crippen molar-refractivity contribution in [3.63, 3.8) is 0 Å². The molecule has 26 heavy (non-hydrogen) atoms. The second-order valence-corrected chi connectivity index (χ2v) is 6.17. The van der Waals surface area contributed by atoms with Crippen LogP contribution >= 0.6 is 0 Å². The van der Waals surface area contributed by atoms with E-state index in [1.807, 2.05) is 38.4 Å². The molecule has 1 aromatic heterocycles. The van der Waals surface area contributed by atoms with Gasteiger partial charge in [0.05, 0.1) is 7.11 Å². The molecule has 2 rings (SSSR count). The van der Waals surface area contributed by atoms with Crippen LogP contribution in [0.15, 0.2) is 36.5 Å². The second-order valence-electron chi connectivity index (χ2n) is 6.17. The number of rotatable bonds is 10. The number of methoxy groups -OCH3 is 1. The third-order valence-electron chi connectivity index (χ3n) is 3.83. The third-order valence-corrected chi connectivity index (χ3v) is 3.83. The molecule has 0 aliphatic heterocycles. The van der Waals surface area contributed by atoms with Crippen molar-refractivity contribution in [2.75, 3.05) is 46.2 Å². The molecule has 1 amide bonds. The minimum absolute atomic E-state index is 0.182. The van der Waals surface area contributed by atoms with Crippen LogP contribution in [0.25, 0.3) is 0 Å². The Morgan fingerprint density at radius 1 is 1.19 bits per heavy atom. The van der Waals surface area contributed by atoms with Gasteiger partial charge in [-0.2, -0.15) is 0 Å². The number of hydrogen-bond acceptors (Lipinski definition) is 6. The monoisotopic (exact) mass is 357 g/mol. The summed E-state index contributed by atoms with van der Waals surface area (Å²) in [5.41, 5.74) is 1.47. The number of anilines is 1. The molecular weight excluding hydrogens is 330 g/mol. The molecule has 0 atom stereocenters. The van der Waals surface area contributed by atoms with E-state index in [9.17, 15) is 4.79 Å². The molecule has 0 spiro atoms. The molecule has 2 N–H and O–H groups in total. The van der Waals surface area contributed by atoms with Crippen LogP contribution in [0.3, 0.4) is 0 Å². The summed E-state index contributed by atoms with van der Waals surface area (Å²) in [6, 6.07) is 9.51. The Morgan fingerprint density at radius 2 is 2.00 bits per heavy atom. The quantitative estimate of drug-likeness (QED) is 0.632. The fraction of sp³-hybridized carbons (Fsp3) is 0.421. The highest BCUT2D eigenvalue weighted by Gasteiger charge is 2.08.